The summed E-state index contributed by atoms with van der Waals surface area (Å²) in [7, 11) is 0. The van der Waals surface area contributed by atoms with Gasteiger partial charge in [-0.2, -0.15) is 0 Å². The first-order valence-electron chi connectivity index (χ1n) is 5.91. The molecule has 90 valence electrons. The zero-order valence-corrected chi connectivity index (χ0v) is 12.0. The normalized spacial score (nSPS) is 16.8. The zero-order valence-electron chi connectivity index (χ0n) is 10.4. The number of alkyl halides is 1. The van der Waals surface area contributed by atoms with Crippen LogP contribution in [0.1, 0.15) is 39.2 Å². The van der Waals surface area contributed by atoms with Gasteiger partial charge in [0.15, 0.2) is 0 Å². The van der Waals surface area contributed by atoms with E-state index in [0.717, 1.165) is 18.2 Å². The highest BCUT2D eigenvalue weighted by atomic mass is 79.9. The van der Waals surface area contributed by atoms with Crippen LogP contribution in [0.5, 0.6) is 0 Å². The lowest BCUT2D eigenvalue weighted by atomic mass is 9.97. The first-order valence-corrected chi connectivity index (χ1v) is 7.04. The van der Waals surface area contributed by atoms with Crippen LogP contribution in [0.4, 0.5) is 0 Å². The lowest BCUT2D eigenvalue weighted by Crippen LogP contribution is -2.31. The van der Waals surface area contributed by atoms with Crippen molar-refractivity contribution in [1.82, 2.24) is 0 Å². The van der Waals surface area contributed by atoms with Gasteiger partial charge in [-0.3, -0.25) is 0 Å². The molecule has 0 amide bonds. The van der Waals surface area contributed by atoms with Gasteiger partial charge < -0.3 is 4.74 Å². The lowest BCUT2D eigenvalue weighted by Gasteiger charge is -2.32. The van der Waals surface area contributed by atoms with Crippen molar-refractivity contribution in [3.05, 3.63) is 35.9 Å². The van der Waals surface area contributed by atoms with Crippen LogP contribution in [-0.4, -0.2) is 11.4 Å². The molecule has 0 fully saturated rings. The van der Waals surface area contributed by atoms with E-state index in [1.165, 1.54) is 5.56 Å². The molecular formula is C14H21BrO. The lowest BCUT2D eigenvalue weighted by molar-refractivity contribution is -0.0670. The van der Waals surface area contributed by atoms with Crippen LogP contribution in [0.2, 0.25) is 0 Å². The molecule has 0 bridgehead atoms. The third-order valence-corrected chi connectivity index (χ3v) is 3.87. The third-order valence-electron chi connectivity index (χ3n) is 2.80. The molecule has 0 aliphatic heterocycles. The Morgan fingerprint density at radius 3 is 2.44 bits per heavy atom. The molecule has 2 atom stereocenters. The number of hydrogen-bond acceptors (Lipinski definition) is 1. The molecule has 0 heterocycles. The number of hydrogen-bond donors (Lipinski definition) is 0. The van der Waals surface area contributed by atoms with Gasteiger partial charge in [0.25, 0.3) is 0 Å². The predicted molar refractivity (Wildman–Crippen MR) is 73.0 cm³/mol. The summed E-state index contributed by atoms with van der Waals surface area (Å²) in [5.74, 6) is 0. The smallest absolute Gasteiger partial charge is 0.100 e. The molecule has 2 unspecified atom stereocenters. The Kier molecular flexibility index (Phi) is 5.50. The SMILES string of the molecule is CCCC(C)OC(C)(CBr)c1ccccc1. The monoisotopic (exact) mass is 284 g/mol. The first-order chi connectivity index (χ1) is 7.62. The number of rotatable bonds is 6. The molecule has 0 aliphatic rings. The van der Waals surface area contributed by atoms with Crippen molar-refractivity contribution in [2.24, 2.45) is 0 Å². The Morgan fingerprint density at radius 1 is 1.31 bits per heavy atom. The summed E-state index contributed by atoms with van der Waals surface area (Å²) >= 11 is 3.56. The Balaban J connectivity index is 2.78. The molecule has 2 heteroatoms. The fourth-order valence-corrected chi connectivity index (χ4v) is 2.33. The second-order valence-electron chi connectivity index (χ2n) is 4.45. The van der Waals surface area contributed by atoms with Gasteiger partial charge >= 0.3 is 0 Å². The van der Waals surface area contributed by atoms with Crippen LogP contribution < -0.4 is 0 Å². The maximum Gasteiger partial charge on any atom is 0.100 e. The van der Waals surface area contributed by atoms with Crippen molar-refractivity contribution in [3.8, 4) is 0 Å². The van der Waals surface area contributed by atoms with Gasteiger partial charge in [-0.1, -0.05) is 59.6 Å². The minimum atomic E-state index is -0.226. The quantitative estimate of drug-likeness (QED) is 0.699. The van der Waals surface area contributed by atoms with Crippen molar-refractivity contribution in [2.45, 2.75) is 45.3 Å². The molecule has 0 aromatic heterocycles. The molecule has 1 rings (SSSR count). The molecule has 1 aromatic carbocycles. The number of benzene rings is 1. The largest absolute Gasteiger partial charge is 0.367 e. The van der Waals surface area contributed by atoms with Gasteiger partial charge in [0, 0.05) is 5.33 Å². The van der Waals surface area contributed by atoms with E-state index in [9.17, 15) is 0 Å². The fourth-order valence-electron chi connectivity index (χ4n) is 1.88. The Morgan fingerprint density at radius 2 is 1.94 bits per heavy atom. The van der Waals surface area contributed by atoms with E-state index in [2.05, 4.69) is 61.0 Å². The van der Waals surface area contributed by atoms with Crippen LogP contribution >= 0.6 is 15.9 Å². The summed E-state index contributed by atoms with van der Waals surface area (Å²) < 4.78 is 6.17. The van der Waals surface area contributed by atoms with Gasteiger partial charge in [-0.05, 0) is 25.8 Å². The Hall–Kier alpha value is -0.340. The number of ether oxygens (including phenoxy) is 1. The summed E-state index contributed by atoms with van der Waals surface area (Å²) in [6, 6.07) is 10.4. The van der Waals surface area contributed by atoms with Crippen molar-refractivity contribution < 1.29 is 4.74 Å². The van der Waals surface area contributed by atoms with Crippen LogP contribution in [0.15, 0.2) is 30.3 Å². The van der Waals surface area contributed by atoms with Crippen LogP contribution in [0, 0.1) is 0 Å². The fraction of sp³-hybridized carbons (Fsp3) is 0.571. The van der Waals surface area contributed by atoms with Crippen molar-refractivity contribution in [3.63, 3.8) is 0 Å². The highest BCUT2D eigenvalue weighted by molar-refractivity contribution is 9.09. The van der Waals surface area contributed by atoms with E-state index < -0.39 is 0 Å². The first kappa shape index (κ1) is 13.7. The van der Waals surface area contributed by atoms with Gasteiger partial charge in [0.2, 0.25) is 0 Å². The number of halogens is 1. The van der Waals surface area contributed by atoms with Gasteiger partial charge in [-0.25, -0.2) is 0 Å². The molecule has 1 aromatic rings. The molecule has 0 saturated heterocycles. The second kappa shape index (κ2) is 6.41. The van der Waals surface area contributed by atoms with E-state index in [4.69, 9.17) is 4.74 Å². The van der Waals surface area contributed by atoms with Gasteiger partial charge in [0.1, 0.15) is 5.60 Å². The summed E-state index contributed by atoms with van der Waals surface area (Å²) in [5, 5.41) is 0.818. The molecule has 16 heavy (non-hydrogen) atoms. The maximum absolute atomic E-state index is 6.17. The van der Waals surface area contributed by atoms with E-state index in [0.29, 0.717) is 6.10 Å². The Labute approximate surface area is 107 Å². The second-order valence-corrected chi connectivity index (χ2v) is 5.01. The Bertz CT molecular complexity index is 299. The average Bonchev–Trinajstić information content (AvgIpc) is 2.30. The van der Waals surface area contributed by atoms with Crippen LogP contribution in [0.3, 0.4) is 0 Å². The summed E-state index contributed by atoms with van der Waals surface area (Å²) in [6.45, 7) is 6.48. The highest BCUT2D eigenvalue weighted by Crippen LogP contribution is 2.29. The third kappa shape index (κ3) is 3.60. The summed E-state index contributed by atoms with van der Waals surface area (Å²) in [6.07, 6.45) is 2.57. The molecule has 0 spiro atoms. The van der Waals surface area contributed by atoms with Crippen LogP contribution in [-0.2, 0) is 10.3 Å². The molecule has 0 saturated carbocycles. The standard InChI is InChI=1S/C14H21BrO/c1-4-8-12(2)16-14(3,11-15)13-9-6-5-7-10-13/h5-7,9-10,12H,4,8,11H2,1-3H3. The predicted octanol–water partition coefficient (Wildman–Crippen LogP) is 4.50. The van der Waals surface area contributed by atoms with Gasteiger partial charge in [0.05, 0.1) is 6.10 Å². The minimum absolute atomic E-state index is 0.226. The van der Waals surface area contributed by atoms with E-state index in [-0.39, 0.29) is 5.60 Å². The van der Waals surface area contributed by atoms with Gasteiger partial charge in [-0.15, -0.1) is 0 Å². The van der Waals surface area contributed by atoms with Crippen LogP contribution in [0.25, 0.3) is 0 Å². The molecule has 0 N–H and O–H groups in total. The minimum Gasteiger partial charge on any atom is -0.367 e. The molecule has 1 nitrogen and oxygen atoms in total. The zero-order chi connectivity index (χ0) is 12.0. The van der Waals surface area contributed by atoms with Crippen molar-refractivity contribution >= 4 is 15.9 Å². The highest BCUT2D eigenvalue weighted by Gasteiger charge is 2.27. The van der Waals surface area contributed by atoms with E-state index >= 15 is 0 Å². The van der Waals surface area contributed by atoms with Crippen molar-refractivity contribution in [2.75, 3.05) is 5.33 Å². The van der Waals surface area contributed by atoms with Crippen molar-refractivity contribution in [1.29, 1.82) is 0 Å². The molecular weight excluding hydrogens is 264 g/mol. The van der Waals surface area contributed by atoms with E-state index in [1.54, 1.807) is 0 Å². The topological polar surface area (TPSA) is 9.23 Å². The summed E-state index contributed by atoms with van der Waals surface area (Å²) in [4.78, 5) is 0. The molecule has 0 radical (unpaired) electrons. The molecule has 0 aliphatic carbocycles. The maximum atomic E-state index is 6.17. The summed E-state index contributed by atoms with van der Waals surface area (Å²) in [5.41, 5.74) is 1.00. The van der Waals surface area contributed by atoms with E-state index in [1.807, 2.05) is 6.07 Å². The average molecular weight is 285 g/mol.